The molecule has 324 valence electrons. The zero-order valence-corrected chi connectivity index (χ0v) is 35.6. The van der Waals surface area contributed by atoms with E-state index in [0.29, 0.717) is 62.6 Å². The van der Waals surface area contributed by atoms with Crippen molar-refractivity contribution in [3.63, 3.8) is 0 Å². The van der Waals surface area contributed by atoms with Gasteiger partial charge in [-0.2, -0.15) is 0 Å². The summed E-state index contributed by atoms with van der Waals surface area (Å²) in [5.74, 6) is -3.87. The van der Waals surface area contributed by atoms with Gasteiger partial charge in [0.05, 0.1) is 11.1 Å². The van der Waals surface area contributed by atoms with E-state index in [0.717, 1.165) is 63.6 Å². The van der Waals surface area contributed by atoms with Crippen molar-refractivity contribution in [1.82, 2.24) is 25.4 Å². The summed E-state index contributed by atoms with van der Waals surface area (Å²) < 4.78 is 21.1. The highest BCUT2D eigenvalue weighted by atomic mass is 19.1. The Hall–Kier alpha value is -6.19. The fraction of sp³-hybridized carbons (Fsp3) is 0.404. The second-order valence-electron chi connectivity index (χ2n) is 16.7. The van der Waals surface area contributed by atoms with E-state index in [2.05, 4.69) is 67.6 Å². The maximum atomic E-state index is 15.4. The minimum Gasteiger partial charge on any atom is -0.381 e. The molecule has 4 aliphatic rings. The van der Waals surface area contributed by atoms with E-state index in [-0.39, 0.29) is 48.0 Å². The molecule has 1 atom stereocenters. The van der Waals surface area contributed by atoms with Crippen LogP contribution in [0, 0.1) is 26.6 Å². The molecule has 0 bridgehead atoms. The first-order chi connectivity index (χ1) is 29.8. The largest absolute Gasteiger partial charge is 0.381 e. The molecule has 14 nitrogen and oxygen atoms in total. The predicted octanol–water partition coefficient (Wildman–Crippen LogP) is 4.76. The number of hydrogen-bond donors (Lipinski definition) is 3. The maximum Gasteiger partial charge on any atom is 0.265 e. The second-order valence-corrected chi connectivity index (χ2v) is 16.7. The fourth-order valence-electron chi connectivity index (χ4n) is 9.37. The number of ether oxygens (including phenoxy) is 1. The highest BCUT2D eigenvalue weighted by Crippen LogP contribution is 2.35. The van der Waals surface area contributed by atoms with Gasteiger partial charge in [0.25, 0.3) is 23.3 Å². The Bertz CT molecular complexity index is 2510. The van der Waals surface area contributed by atoms with Gasteiger partial charge in [0.15, 0.2) is 0 Å². The Morgan fingerprint density at radius 3 is 2.29 bits per heavy atom. The Morgan fingerprint density at radius 2 is 1.61 bits per heavy atom. The van der Waals surface area contributed by atoms with Crippen molar-refractivity contribution in [2.75, 3.05) is 55.7 Å². The summed E-state index contributed by atoms with van der Waals surface area (Å²) in [6.45, 7) is 13.2. The first kappa shape index (κ1) is 42.5. The van der Waals surface area contributed by atoms with Gasteiger partial charge in [-0.25, -0.2) is 4.39 Å². The molecule has 4 aromatic rings. The Balaban J connectivity index is 0.965. The number of carbonyl (C=O) groups excluding carboxylic acids is 5. The molecule has 1 unspecified atom stereocenters. The molecule has 1 aromatic heterocycles. The van der Waals surface area contributed by atoms with Crippen molar-refractivity contribution in [3.8, 4) is 11.1 Å². The number of aromatic amines is 1. The third kappa shape index (κ3) is 8.38. The van der Waals surface area contributed by atoms with Crippen LogP contribution in [0.25, 0.3) is 11.1 Å². The molecule has 0 aliphatic carbocycles. The van der Waals surface area contributed by atoms with Gasteiger partial charge >= 0.3 is 0 Å². The highest BCUT2D eigenvalue weighted by molar-refractivity contribution is 6.23. The number of hydrogen-bond acceptors (Lipinski definition) is 10. The van der Waals surface area contributed by atoms with E-state index in [1.165, 1.54) is 12.1 Å². The van der Waals surface area contributed by atoms with Crippen LogP contribution in [-0.2, 0) is 27.4 Å². The molecule has 3 saturated heterocycles. The molecular formula is C47H52FN7O7. The number of aromatic nitrogens is 1. The number of H-pyrrole nitrogens is 1. The number of anilines is 2. The molecule has 8 rings (SSSR count). The third-order valence-electron chi connectivity index (χ3n) is 12.7. The maximum absolute atomic E-state index is 15.4. The van der Waals surface area contributed by atoms with Gasteiger partial charge < -0.3 is 24.8 Å². The number of rotatable bonds is 11. The number of aryl methyl sites for hydroxylation is 2. The fourth-order valence-corrected chi connectivity index (χ4v) is 9.37. The summed E-state index contributed by atoms with van der Waals surface area (Å²) in [4.78, 5) is 87.8. The number of amides is 5. The summed E-state index contributed by atoms with van der Waals surface area (Å²) in [5, 5.41) is 5.19. The lowest BCUT2D eigenvalue weighted by Gasteiger charge is -2.37. The van der Waals surface area contributed by atoms with Crippen molar-refractivity contribution in [1.29, 1.82) is 0 Å². The Morgan fingerprint density at radius 1 is 0.887 bits per heavy atom. The van der Waals surface area contributed by atoms with Crippen LogP contribution in [0.15, 0.2) is 59.4 Å². The lowest BCUT2D eigenvalue weighted by molar-refractivity contribution is -0.136. The van der Waals surface area contributed by atoms with E-state index in [9.17, 15) is 28.8 Å². The zero-order chi connectivity index (χ0) is 43.8. The van der Waals surface area contributed by atoms with Gasteiger partial charge in [-0.15, -0.1) is 0 Å². The van der Waals surface area contributed by atoms with E-state index < -0.39 is 35.5 Å². The van der Waals surface area contributed by atoms with Crippen LogP contribution in [0.3, 0.4) is 0 Å². The van der Waals surface area contributed by atoms with Gasteiger partial charge in [0, 0.05) is 99.7 Å². The molecule has 0 spiro atoms. The normalized spacial score (nSPS) is 18.6. The molecule has 5 heterocycles. The molecule has 0 saturated carbocycles. The monoisotopic (exact) mass is 845 g/mol. The number of piperazine rings is 1. The van der Waals surface area contributed by atoms with Crippen LogP contribution in [0.5, 0.6) is 0 Å². The summed E-state index contributed by atoms with van der Waals surface area (Å²) in [7, 11) is 0. The van der Waals surface area contributed by atoms with Gasteiger partial charge in [-0.3, -0.25) is 43.9 Å². The number of nitrogens with one attached hydrogen (secondary N) is 3. The summed E-state index contributed by atoms with van der Waals surface area (Å²) in [6.07, 6.45) is 1.77. The van der Waals surface area contributed by atoms with E-state index in [1.54, 1.807) is 0 Å². The van der Waals surface area contributed by atoms with Crippen molar-refractivity contribution >= 4 is 40.9 Å². The van der Waals surface area contributed by atoms with Gasteiger partial charge in [0.2, 0.25) is 11.8 Å². The van der Waals surface area contributed by atoms with Crippen LogP contribution in [-0.4, -0.2) is 102 Å². The lowest BCUT2D eigenvalue weighted by atomic mass is 9.95. The number of halogens is 1. The summed E-state index contributed by atoms with van der Waals surface area (Å²) in [5.41, 5.74) is 7.37. The summed E-state index contributed by atoms with van der Waals surface area (Å²) >= 11 is 0. The molecule has 3 N–H and O–H groups in total. The van der Waals surface area contributed by atoms with Gasteiger partial charge in [-0.05, 0) is 117 Å². The topological polar surface area (TPSA) is 164 Å². The first-order valence-corrected chi connectivity index (χ1v) is 21.4. The van der Waals surface area contributed by atoms with E-state index >= 15 is 4.39 Å². The van der Waals surface area contributed by atoms with Crippen LogP contribution >= 0.6 is 0 Å². The molecular weight excluding hydrogens is 794 g/mol. The smallest absolute Gasteiger partial charge is 0.265 e. The number of carbonyl (C=O) groups is 5. The van der Waals surface area contributed by atoms with E-state index in [4.69, 9.17) is 4.74 Å². The molecule has 15 heteroatoms. The number of benzene rings is 3. The van der Waals surface area contributed by atoms with Crippen molar-refractivity contribution in [2.45, 2.75) is 78.6 Å². The average Bonchev–Trinajstić information content (AvgIpc) is 3.50. The quantitative estimate of drug-likeness (QED) is 0.179. The minimum atomic E-state index is -1.16. The van der Waals surface area contributed by atoms with Crippen molar-refractivity contribution in [3.05, 3.63) is 115 Å². The molecule has 0 radical (unpaired) electrons. The Labute approximate surface area is 359 Å². The standard InChI is InChI=1S/C47H52FN7O7/c1-5-54(34-12-18-62-19-13-34)40-24-32(23-35(29(40)4)43(57)49-25-37-27(2)20-28(3)50-44(37)58)31-6-8-33(9-7-31)53-16-14-52(15-17-53)26-30-21-36-42(38(48)22-30)47(61)55(46(36)60)39-10-11-41(56)51-45(39)59/h6-9,20-24,34,39H,5,10-19,25-26H2,1-4H3,(H,49,57)(H,50,58)(H,51,56,59). The molecule has 5 amide bonds. The number of imide groups is 2. The van der Waals surface area contributed by atoms with Crippen LogP contribution in [0.2, 0.25) is 0 Å². The number of piperidine rings is 1. The molecule has 3 aromatic carbocycles. The van der Waals surface area contributed by atoms with Crippen LogP contribution < -0.4 is 26.0 Å². The zero-order valence-electron chi connectivity index (χ0n) is 35.6. The lowest BCUT2D eigenvalue weighted by Crippen LogP contribution is -2.54. The number of fused-ring (bicyclic) bond motifs is 1. The molecule has 4 aliphatic heterocycles. The molecule has 3 fully saturated rings. The average molecular weight is 846 g/mol. The van der Waals surface area contributed by atoms with Crippen LogP contribution in [0.1, 0.15) is 91.6 Å². The summed E-state index contributed by atoms with van der Waals surface area (Å²) in [6, 6.07) is 16.2. The van der Waals surface area contributed by atoms with Crippen LogP contribution in [0.4, 0.5) is 15.8 Å². The predicted molar refractivity (Wildman–Crippen MR) is 232 cm³/mol. The third-order valence-corrected chi connectivity index (χ3v) is 12.7. The van der Waals surface area contributed by atoms with Gasteiger partial charge in [0.1, 0.15) is 11.9 Å². The number of nitrogens with zero attached hydrogens (tertiary/aromatic N) is 4. The van der Waals surface area contributed by atoms with Crippen molar-refractivity contribution < 1.29 is 33.1 Å². The second kappa shape index (κ2) is 17.7. The Kier molecular flexibility index (Phi) is 12.1. The minimum absolute atomic E-state index is 0.00119. The highest BCUT2D eigenvalue weighted by Gasteiger charge is 2.46. The molecule has 62 heavy (non-hydrogen) atoms. The first-order valence-electron chi connectivity index (χ1n) is 21.4. The van der Waals surface area contributed by atoms with Crippen molar-refractivity contribution in [2.24, 2.45) is 0 Å². The number of pyridine rings is 1. The van der Waals surface area contributed by atoms with Gasteiger partial charge in [-0.1, -0.05) is 12.1 Å². The van der Waals surface area contributed by atoms with E-state index in [1.807, 2.05) is 32.9 Å². The SMILES string of the molecule is CCN(c1cc(-c2ccc(N3CCN(Cc4cc(F)c5c(c4)C(=O)N(C4CCC(=O)NC4=O)C5=O)CC3)cc2)cc(C(=O)NCc2c(C)cc(C)[nH]c2=O)c1C)C1CCOCC1.